The van der Waals surface area contributed by atoms with Crippen LogP contribution in [0, 0.1) is 13.8 Å². The molecule has 1 atom stereocenters. The van der Waals surface area contributed by atoms with E-state index in [4.69, 9.17) is 0 Å². The maximum Gasteiger partial charge on any atom is 0.242 e. The van der Waals surface area contributed by atoms with E-state index in [0.29, 0.717) is 12.5 Å². The van der Waals surface area contributed by atoms with Gasteiger partial charge in [0.2, 0.25) is 10.0 Å². The van der Waals surface area contributed by atoms with Gasteiger partial charge in [0.25, 0.3) is 0 Å². The molecule has 0 radical (unpaired) electrons. The molecular weight excluding hydrogens is 505 g/mol. The average Bonchev–Trinajstić information content (AvgIpc) is 2.91. The van der Waals surface area contributed by atoms with Gasteiger partial charge in [-0.25, -0.2) is 13.1 Å². The van der Waals surface area contributed by atoms with Crippen molar-refractivity contribution in [3.63, 3.8) is 0 Å². The number of hydrogen-bond acceptors (Lipinski definition) is 5. The first kappa shape index (κ1) is 25.3. The predicted octanol–water partition coefficient (Wildman–Crippen LogP) is 1.12. The number of hydrogen-bond donors (Lipinski definition) is 3. The molecule has 1 unspecified atom stereocenters. The lowest BCUT2D eigenvalue weighted by molar-refractivity contribution is 0.579. The molecule has 2 rings (SSSR count). The Morgan fingerprint density at radius 1 is 1.31 bits per heavy atom. The van der Waals surface area contributed by atoms with Gasteiger partial charge in [-0.05, 0) is 44.9 Å². The van der Waals surface area contributed by atoms with E-state index in [9.17, 15) is 8.42 Å². The normalized spacial score (nSPS) is 12.9. The average molecular weight is 535 g/mol. The SMILES string of the molecule is CN=C(NCCNS(=O)(=O)c1cccnc1)NC(C)Cc1c(C)nn(C)c1C.I. The van der Waals surface area contributed by atoms with Crippen LogP contribution >= 0.6 is 24.0 Å². The topological polar surface area (TPSA) is 113 Å². The molecule has 0 saturated heterocycles. The zero-order chi connectivity index (χ0) is 20.7. The summed E-state index contributed by atoms with van der Waals surface area (Å²) in [7, 11) is 0.0665. The largest absolute Gasteiger partial charge is 0.355 e. The fourth-order valence-electron chi connectivity index (χ4n) is 2.85. The van der Waals surface area contributed by atoms with Gasteiger partial charge in [0, 0.05) is 51.3 Å². The molecule has 0 aromatic carbocycles. The van der Waals surface area contributed by atoms with Crippen molar-refractivity contribution in [2.24, 2.45) is 12.0 Å². The van der Waals surface area contributed by atoms with Crippen LogP contribution in [-0.2, 0) is 23.5 Å². The Kier molecular flexibility index (Phi) is 10.00. The van der Waals surface area contributed by atoms with Gasteiger partial charge in [0.15, 0.2) is 5.96 Å². The van der Waals surface area contributed by atoms with E-state index in [1.165, 1.54) is 24.0 Å². The highest BCUT2D eigenvalue weighted by molar-refractivity contribution is 14.0. The molecule has 0 spiro atoms. The highest BCUT2D eigenvalue weighted by Gasteiger charge is 2.15. The van der Waals surface area contributed by atoms with Crippen molar-refractivity contribution < 1.29 is 8.42 Å². The van der Waals surface area contributed by atoms with Gasteiger partial charge in [0.1, 0.15) is 4.90 Å². The molecule has 29 heavy (non-hydrogen) atoms. The number of aromatic nitrogens is 3. The fourth-order valence-corrected chi connectivity index (χ4v) is 3.85. The zero-order valence-corrected chi connectivity index (χ0v) is 20.6. The summed E-state index contributed by atoms with van der Waals surface area (Å²) in [5, 5.41) is 10.9. The van der Waals surface area contributed by atoms with Gasteiger partial charge in [-0.15, -0.1) is 24.0 Å². The lowest BCUT2D eigenvalue weighted by Gasteiger charge is -2.18. The maximum atomic E-state index is 12.2. The second-order valence-electron chi connectivity index (χ2n) is 6.61. The van der Waals surface area contributed by atoms with E-state index in [2.05, 4.69) is 44.3 Å². The van der Waals surface area contributed by atoms with Gasteiger partial charge in [-0.1, -0.05) is 0 Å². The van der Waals surface area contributed by atoms with Crippen LogP contribution in [0.15, 0.2) is 34.4 Å². The summed E-state index contributed by atoms with van der Waals surface area (Å²) in [6.45, 7) is 6.77. The van der Waals surface area contributed by atoms with Gasteiger partial charge in [0.05, 0.1) is 5.69 Å². The quantitative estimate of drug-likeness (QED) is 0.202. The molecule has 3 N–H and O–H groups in total. The Bertz CT molecular complexity index is 914. The second kappa shape index (κ2) is 11.5. The minimum atomic E-state index is -3.56. The van der Waals surface area contributed by atoms with Crippen LogP contribution in [0.3, 0.4) is 0 Å². The third kappa shape index (κ3) is 7.23. The number of guanidine groups is 1. The number of aliphatic imine (C=N–C) groups is 1. The molecule has 0 amide bonds. The highest BCUT2D eigenvalue weighted by atomic mass is 127. The van der Waals surface area contributed by atoms with E-state index in [-0.39, 0.29) is 41.5 Å². The summed E-state index contributed by atoms with van der Waals surface area (Å²) in [6, 6.07) is 3.24. The number of rotatable bonds is 8. The Morgan fingerprint density at radius 3 is 2.59 bits per heavy atom. The van der Waals surface area contributed by atoms with Gasteiger partial charge in [-0.3, -0.25) is 14.7 Å². The first-order valence-electron chi connectivity index (χ1n) is 9.10. The molecule has 0 bridgehead atoms. The molecular formula is C18H30IN7O2S. The van der Waals surface area contributed by atoms with Crippen molar-refractivity contribution >= 4 is 40.0 Å². The van der Waals surface area contributed by atoms with Gasteiger partial charge < -0.3 is 10.6 Å². The molecule has 11 heteroatoms. The monoisotopic (exact) mass is 535 g/mol. The molecule has 9 nitrogen and oxygen atoms in total. The van der Waals surface area contributed by atoms with E-state index >= 15 is 0 Å². The van der Waals surface area contributed by atoms with Crippen LogP contribution in [0.25, 0.3) is 0 Å². The lowest BCUT2D eigenvalue weighted by atomic mass is 10.1. The molecule has 0 saturated carbocycles. The highest BCUT2D eigenvalue weighted by Crippen LogP contribution is 2.14. The van der Waals surface area contributed by atoms with Crippen LogP contribution < -0.4 is 15.4 Å². The third-order valence-corrected chi connectivity index (χ3v) is 5.88. The van der Waals surface area contributed by atoms with Crippen LogP contribution in [0.4, 0.5) is 0 Å². The second-order valence-corrected chi connectivity index (χ2v) is 8.37. The molecule has 2 heterocycles. The van der Waals surface area contributed by atoms with Crippen molar-refractivity contribution in [3.05, 3.63) is 41.5 Å². The Labute approximate surface area is 189 Å². The molecule has 2 aromatic heterocycles. The van der Waals surface area contributed by atoms with Crippen molar-refractivity contribution in [2.45, 2.75) is 38.1 Å². The van der Waals surface area contributed by atoms with E-state index in [0.717, 1.165) is 17.8 Å². The number of nitrogens with zero attached hydrogens (tertiary/aromatic N) is 4. The maximum absolute atomic E-state index is 12.2. The summed E-state index contributed by atoms with van der Waals surface area (Å²) in [5.41, 5.74) is 3.41. The molecule has 0 fully saturated rings. The van der Waals surface area contributed by atoms with Gasteiger partial charge >= 0.3 is 0 Å². The molecule has 0 aliphatic rings. The van der Waals surface area contributed by atoms with Crippen molar-refractivity contribution in [1.29, 1.82) is 0 Å². The van der Waals surface area contributed by atoms with Crippen LogP contribution in [0.2, 0.25) is 0 Å². The number of pyridine rings is 1. The standard InChI is InChI=1S/C18H29N7O2S.HI/c1-13(11-17-14(2)24-25(5)15(17)3)23-18(19-4)21-9-10-22-28(26,27)16-7-6-8-20-12-16;/h6-8,12-13,22H,9-11H2,1-5H3,(H2,19,21,23);1H. The fraction of sp³-hybridized carbons (Fsp3) is 0.500. The predicted molar refractivity (Wildman–Crippen MR) is 125 cm³/mol. The van der Waals surface area contributed by atoms with E-state index in [1.54, 1.807) is 13.1 Å². The number of sulfonamides is 1. The summed E-state index contributed by atoms with van der Waals surface area (Å²) < 4.78 is 28.8. The summed E-state index contributed by atoms with van der Waals surface area (Å²) in [4.78, 5) is 8.18. The lowest BCUT2D eigenvalue weighted by Crippen LogP contribution is -2.45. The van der Waals surface area contributed by atoms with Crippen LogP contribution in [-0.4, -0.2) is 55.3 Å². The van der Waals surface area contributed by atoms with Gasteiger partial charge in [-0.2, -0.15) is 5.10 Å². The summed E-state index contributed by atoms with van der Waals surface area (Å²) in [5.74, 6) is 0.618. The first-order valence-corrected chi connectivity index (χ1v) is 10.6. The molecule has 162 valence electrons. The minimum absolute atomic E-state index is 0. The minimum Gasteiger partial charge on any atom is -0.355 e. The first-order chi connectivity index (χ1) is 13.2. The molecule has 0 aliphatic heterocycles. The summed E-state index contributed by atoms with van der Waals surface area (Å²) >= 11 is 0. The van der Waals surface area contributed by atoms with Crippen molar-refractivity contribution in [3.8, 4) is 0 Å². The number of halogens is 1. The van der Waals surface area contributed by atoms with E-state index in [1.807, 2.05) is 18.7 Å². The van der Waals surface area contributed by atoms with E-state index < -0.39 is 10.0 Å². The Hall–Kier alpha value is -1.73. The molecule has 2 aromatic rings. The Morgan fingerprint density at radius 2 is 2.03 bits per heavy atom. The number of nitrogens with one attached hydrogen (secondary N) is 3. The van der Waals surface area contributed by atoms with Crippen LogP contribution in [0.5, 0.6) is 0 Å². The van der Waals surface area contributed by atoms with Crippen molar-refractivity contribution in [1.82, 2.24) is 30.1 Å². The Balaban J connectivity index is 0.00000420. The van der Waals surface area contributed by atoms with Crippen molar-refractivity contribution in [2.75, 3.05) is 20.1 Å². The number of aryl methyl sites for hydroxylation is 2. The van der Waals surface area contributed by atoms with Crippen LogP contribution in [0.1, 0.15) is 23.9 Å². The third-order valence-electron chi connectivity index (χ3n) is 4.43. The smallest absolute Gasteiger partial charge is 0.242 e. The zero-order valence-electron chi connectivity index (χ0n) is 17.4. The summed E-state index contributed by atoms with van der Waals surface area (Å²) in [6.07, 6.45) is 3.67. The molecule has 0 aliphatic carbocycles.